The summed E-state index contributed by atoms with van der Waals surface area (Å²) in [5.41, 5.74) is 13.8. The van der Waals surface area contributed by atoms with Crippen molar-refractivity contribution >= 4 is 6.03 Å². The van der Waals surface area contributed by atoms with E-state index in [4.69, 9.17) is 21.1 Å². The molecular formula is C9H13FN6O3. The number of amides is 2. The lowest BCUT2D eigenvalue weighted by Crippen LogP contribution is -2.54. The van der Waals surface area contributed by atoms with Crippen molar-refractivity contribution in [2.45, 2.75) is 30.7 Å². The molecule has 0 aromatic rings. The molecule has 2 rings (SSSR count). The predicted molar refractivity (Wildman–Crippen MR) is 61.1 cm³/mol. The van der Waals surface area contributed by atoms with Gasteiger partial charge in [0.2, 0.25) is 0 Å². The number of rotatable bonds is 3. The minimum Gasteiger partial charge on any atom is -0.394 e. The summed E-state index contributed by atoms with van der Waals surface area (Å²) in [4.78, 5) is 15.2. The fourth-order valence-electron chi connectivity index (χ4n) is 1.99. The number of carbonyl (C=O) groups is 1. The van der Waals surface area contributed by atoms with Crippen molar-refractivity contribution in [3.63, 3.8) is 0 Å². The highest BCUT2D eigenvalue weighted by Crippen LogP contribution is 2.29. The Bertz CT molecular complexity index is 440. The quantitative estimate of drug-likeness (QED) is 0.364. The minimum absolute atomic E-state index is 0.515. The van der Waals surface area contributed by atoms with E-state index in [-0.39, 0.29) is 0 Å². The van der Waals surface area contributed by atoms with Gasteiger partial charge in [0, 0.05) is 11.1 Å². The summed E-state index contributed by atoms with van der Waals surface area (Å²) in [5, 5.41) is 14.7. The number of ether oxygens (including phenoxy) is 1. The molecule has 1 unspecified atom stereocenters. The van der Waals surface area contributed by atoms with E-state index in [0.717, 1.165) is 4.90 Å². The molecule has 1 saturated heterocycles. The Labute approximate surface area is 107 Å². The molecule has 4 N–H and O–H groups in total. The van der Waals surface area contributed by atoms with Gasteiger partial charge in [-0.05, 0) is 11.6 Å². The van der Waals surface area contributed by atoms with E-state index in [0.29, 0.717) is 0 Å². The van der Waals surface area contributed by atoms with Crippen LogP contribution >= 0.6 is 0 Å². The van der Waals surface area contributed by atoms with Gasteiger partial charge in [0.25, 0.3) is 0 Å². The molecule has 0 aliphatic carbocycles. The van der Waals surface area contributed by atoms with Crippen LogP contribution in [0.3, 0.4) is 0 Å². The topological polar surface area (TPSA) is 137 Å². The summed E-state index contributed by atoms with van der Waals surface area (Å²) in [6.45, 7) is -0.515. The standard InChI is InChI=1S/C9H13FN6O3/c10-6-7(14-15-12)4(3-17)19-8(6)16-2-1-5(11)13-9(16)18/h1-2,4-8,17H,3,11H2,(H,13,18)/t4-,5?,6-,7-,8-/m1/s1. The van der Waals surface area contributed by atoms with E-state index in [9.17, 15) is 9.18 Å². The Balaban J connectivity index is 2.19. The molecule has 0 bridgehead atoms. The maximum absolute atomic E-state index is 14.1. The van der Waals surface area contributed by atoms with E-state index in [1.165, 1.54) is 12.3 Å². The number of azide groups is 1. The van der Waals surface area contributed by atoms with E-state index < -0.39 is 43.3 Å². The van der Waals surface area contributed by atoms with Gasteiger partial charge in [0.05, 0.1) is 18.9 Å². The third-order valence-electron chi connectivity index (χ3n) is 2.91. The van der Waals surface area contributed by atoms with Crippen molar-refractivity contribution in [2.75, 3.05) is 6.61 Å². The fourth-order valence-corrected chi connectivity index (χ4v) is 1.99. The maximum atomic E-state index is 14.1. The molecule has 1 fully saturated rings. The van der Waals surface area contributed by atoms with Gasteiger partial charge in [-0.2, -0.15) is 0 Å². The fraction of sp³-hybridized carbons (Fsp3) is 0.667. The van der Waals surface area contributed by atoms with Crippen LogP contribution in [0.15, 0.2) is 17.4 Å². The highest BCUT2D eigenvalue weighted by atomic mass is 19.1. The lowest BCUT2D eigenvalue weighted by atomic mass is 10.1. The largest absolute Gasteiger partial charge is 0.394 e. The van der Waals surface area contributed by atoms with Crippen molar-refractivity contribution in [3.05, 3.63) is 22.7 Å². The second-order valence-corrected chi connectivity index (χ2v) is 4.11. The molecule has 104 valence electrons. The van der Waals surface area contributed by atoms with Crippen LogP contribution in [-0.4, -0.2) is 53.4 Å². The number of carbonyl (C=O) groups excluding carboxylic acids is 1. The summed E-state index contributed by atoms with van der Waals surface area (Å²) in [6.07, 6.45) is -1.90. The van der Waals surface area contributed by atoms with Crippen molar-refractivity contribution in [2.24, 2.45) is 10.8 Å². The van der Waals surface area contributed by atoms with Gasteiger partial charge in [-0.15, -0.1) is 0 Å². The average molecular weight is 272 g/mol. The lowest BCUT2D eigenvalue weighted by Gasteiger charge is -2.30. The number of nitrogens with zero attached hydrogens (tertiary/aromatic N) is 4. The van der Waals surface area contributed by atoms with Gasteiger partial charge in [-0.25, -0.2) is 9.18 Å². The summed E-state index contributed by atoms with van der Waals surface area (Å²) < 4.78 is 19.4. The Morgan fingerprint density at radius 3 is 3.05 bits per heavy atom. The van der Waals surface area contributed by atoms with Crippen LogP contribution in [0, 0.1) is 0 Å². The zero-order chi connectivity index (χ0) is 14.0. The first-order valence-electron chi connectivity index (χ1n) is 5.56. The van der Waals surface area contributed by atoms with Crippen LogP contribution in [0.2, 0.25) is 0 Å². The number of nitrogens with one attached hydrogen (secondary N) is 1. The molecule has 0 aromatic heterocycles. The number of halogens is 1. The minimum atomic E-state index is -1.74. The molecule has 2 aliphatic rings. The first kappa shape index (κ1) is 13.6. The maximum Gasteiger partial charge on any atom is 0.325 e. The third kappa shape index (κ3) is 2.47. The third-order valence-corrected chi connectivity index (χ3v) is 2.91. The number of aliphatic hydroxyl groups excluding tert-OH is 1. The van der Waals surface area contributed by atoms with E-state index in [1.54, 1.807) is 0 Å². The van der Waals surface area contributed by atoms with Crippen molar-refractivity contribution in [1.82, 2.24) is 10.2 Å². The van der Waals surface area contributed by atoms with Gasteiger partial charge in [-0.1, -0.05) is 5.11 Å². The molecule has 9 nitrogen and oxygen atoms in total. The average Bonchev–Trinajstić information content (AvgIpc) is 2.68. The predicted octanol–water partition coefficient (Wildman–Crippen LogP) is -0.456. The number of alkyl halides is 1. The van der Waals surface area contributed by atoms with Crippen LogP contribution in [0.25, 0.3) is 10.4 Å². The Hall–Kier alpha value is -1.87. The summed E-state index contributed by atoms with van der Waals surface area (Å²) in [7, 11) is 0. The molecule has 2 heterocycles. The van der Waals surface area contributed by atoms with Crippen LogP contribution in [0.4, 0.5) is 9.18 Å². The molecule has 19 heavy (non-hydrogen) atoms. The van der Waals surface area contributed by atoms with Gasteiger partial charge in [0.15, 0.2) is 12.4 Å². The molecule has 2 amide bonds. The van der Waals surface area contributed by atoms with E-state index >= 15 is 0 Å². The van der Waals surface area contributed by atoms with E-state index in [1.807, 2.05) is 0 Å². The number of hydrogen-bond acceptors (Lipinski definition) is 5. The van der Waals surface area contributed by atoms with Gasteiger partial charge in [-0.3, -0.25) is 4.90 Å². The van der Waals surface area contributed by atoms with Crippen LogP contribution in [0.5, 0.6) is 0 Å². The number of urea groups is 1. The Morgan fingerprint density at radius 1 is 1.74 bits per heavy atom. The summed E-state index contributed by atoms with van der Waals surface area (Å²) in [6, 6.07) is -1.81. The smallest absolute Gasteiger partial charge is 0.325 e. The number of aliphatic hydroxyl groups is 1. The molecule has 0 radical (unpaired) electrons. The number of hydrogen-bond donors (Lipinski definition) is 3. The normalized spacial score (nSPS) is 37.9. The Morgan fingerprint density at radius 2 is 2.47 bits per heavy atom. The highest BCUT2D eigenvalue weighted by Gasteiger charge is 2.48. The molecule has 5 atom stereocenters. The second-order valence-electron chi connectivity index (χ2n) is 4.11. The molecule has 0 saturated carbocycles. The van der Waals surface area contributed by atoms with Gasteiger partial charge in [0.1, 0.15) is 6.04 Å². The van der Waals surface area contributed by atoms with Crippen LogP contribution < -0.4 is 11.1 Å². The molecule has 2 aliphatic heterocycles. The Kier molecular flexibility index (Phi) is 3.86. The molecular weight excluding hydrogens is 259 g/mol. The van der Waals surface area contributed by atoms with Crippen molar-refractivity contribution < 1.29 is 19.0 Å². The lowest BCUT2D eigenvalue weighted by molar-refractivity contribution is -0.0527. The molecule has 0 aromatic carbocycles. The highest BCUT2D eigenvalue weighted by molar-refractivity contribution is 5.77. The summed E-state index contributed by atoms with van der Waals surface area (Å²) >= 11 is 0. The van der Waals surface area contributed by atoms with Crippen LogP contribution in [0.1, 0.15) is 0 Å². The first-order chi connectivity index (χ1) is 9.08. The van der Waals surface area contributed by atoms with Crippen molar-refractivity contribution in [1.29, 1.82) is 0 Å². The van der Waals surface area contributed by atoms with E-state index in [2.05, 4.69) is 15.3 Å². The zero-order valence-corrected chi connectivity index (χ0v) is 9.76. The second kappa shape index (κ2) is 5.41. The summed E-state index contributed by atoms with van der Waals surface area (Å²) in [5.74, 6) is 0. The van der Waals surface area contributed by atoms with Crippen molar-refractivity contribution in [3.8, 4) is 0 Å². The monoisotopic (exact) mass is 272 g/mol. The molecule has 0 spiro atoms. The number of nitrogens with two attached hydrogens (primary N) is 1. The first-order valence-corrected chi connectivity index (χ1v) is 5.56. The SMILES string of the molecule is [N-]=[N+]=N[C@H]1[C@@H](F)[C@H](N2C=CC(N)NC2=O)O[C@@H]1CO. The zero-order valence-electron chi connectivity index (χ0n) is 9.76. The van der Waals surface area contributed by atoms with Gasteiger partial charge >= 0.3 is 6.03 Å². The van der Waals surface area contributed by atoms with Gasteiger partial charge < -0.3 is 20.9 Å². The van der Waals surface area contributed by atoms with Crippen LogP contribution in [-0.2, 0) is 4.74 Å². The molecule has 10 heteroatoms.